The monoisotopic (exact) mass is 249 g/mol. The van der Waals surface area contributed by atoms with E-state index in [1.54, 1.807) is 7.11 Å². The summed E-state index contributed by atoms with van der Waals surface area (Å²) in [5.74, 6) is 1.41. The second kappa shape index (κ2) is 6.18. The Labute approximate surface area is 109 Å². The fraction of sp³-hybridized carbons (Fsp3) is 0.571. The molecule has 0 aliphatic carbocycles. The highest BCUT2D eigenvalue weighted by Crippen LogP contribution is 2.27. The van der Waals surface area contributed by atoms with Crippen molar-refractivity contribution in [2.75, 3.05) is 33.3 Å². The number of likely N-dealkylation sites (tertiary alicyclic amines) is 1. The van der Waals surface area contributed by atoms with Gasteiger partial charge in [-0.1, -0.05) is 12.1 Å². The van der Waals surface area contributed by atoms with Crippen LogP contribution in [-0.2, 0) is 0 Å². The second-order valence-corrected chi connectivity index (χ2v) is 5.01. The standard InChI is InChI=1S/C14H23N3O/c1-18-14-4-2-11(3-5-14)12-8-13(16)10-17(9-12)7-6-15/h2-5,12-13H,6-10,15-16H2,1H3. The Morgan fingerprint density at radius 3 is 2.61 bits per heavy atom. The van der Waals surface area contributed by atoms with Crippen molar-refractivity contribution in [1.29, 1.82) is 0 Å². The van der Waals surface area contributed by atoms with Gasteiger partial charge in [0.1, 0.15) is 5.75 Å². The minimum atomic E-state index is 0.248. The van der Waals surface area contributed by atoms with E-state index in [-0.39, 0.29) is 6.04 Å². The summed E-state index contributed by atoms with van der Waals surface area (Å²) in [7, 11) is 1.69. The van der Waals surface area contributed by atoms with E-state index < -0.39 is 0 Å². The normalized spacial score (nSPS) is 25.1. The summed E-state index contributed by atoms with van der Waals surface area (Å²) in [5.41, 5.74) is 13.1. The van der Waals surface area contributed by atoms with E-state index in [2.05, 4.69) is 17.0 Å². The van der Waals surface area contributed by atoms with E-state index in [1.807, 2.05) is 12.1 Å². The molecule has 1 fully saturated rings. The molecular weight excluding hydrogens is 226 g/mol. The molecule has 2 unspecified atom stereocenters. The van der Waals surface area contributed by atoms with Crippen molar-refractivity contribution in [1.82, 2.24) is 4.90 Å². The Kier molecular flexibility index (Phi) is 4.58. The molecule has 1 aromatic rings. The molecule has 4 N–H and O–H groups in total. The van der Waals surface area contributed by atoms with Crippen molar-refractivity contribution < 1.29 is 4.74 Å². The van der Waals surface area contributed by atoms with Crippen LogP contribution in [0.4, 0.5) is 0 Å². The molecule has 0 spiro atoms. The highest BCUT2D eigenvalue weighted by molar-refractivity contribution is 5.30. The van der Waals surface area contributed by atoms with Crippen molar-refractivity contribution in [2.45, 2.75) is 18.4 Å². The molecular formula is C14H23N3O. The number of ether oxygens (including phenoxy) is 1. The molecule has 1 aromatic carbocycles. The molecule has 0 saturated carbocycles. The Morgan fingerprint density at radius 1 is 1.28 bits per heavy atom. The first kappa shape index (κ1) is 13.3. The number of piperidine rings is 1. The minimum absolute atomic E-state index is 0.248. The quantitative estimate of drug-likeness (QED) is 0.827. The lowest BCUT2D eigenvalue weighted by Crippen LogP contribution is -2.47. The Bertz CT molecular complexity index is 366. The summed E-state index contributed by atoms with van der Waals surface area (Å²) in [6, 6.07) is 8.56. The van der Waals surface area contributed by atoms with Crippen LogP contribution in [0.25, 0.3) is 0 Å². The van der Waals surface area contributed by atoms with Gasteiger partial charge in [0.05, 0.1) is 7.11 Å². The molecule has 1 aliphatic heterocycles. The molecule has 100 valence electrons. The van der Waals surface area contributed by atoms with Crippen LogP contribution >= 0.6 is 0 Å². The van der Waals surface area contributed by atoms with Crippen molar-refractivity contribution in [2.24, 2.45) is 11.5 Å². The fourth-order valence-corrected chi connectivity index (χ4v) is 2.72. The molecule has 2 rings (SSSR count). The largest absolute Gasteiger partial charge is 0.497 e. The lowest BCUT2D eigenvalue weighted by molar-refractivity contribution is 0.193. The lowest BCUT2D eigenvalue weighted by Gasteiger charge is -2.36. The Morgan fingerprint density at radius 2 is 2.00 bits per heavy atom. The zero-order valence-corrected chi connectivity index (χ0v) is 11.0. The Hall–Kier alpha value is -1.10. The van der Waals surface area contributed by atoms with Crippen LogP contribution in [0.2, 0.25) is 0 Å². The molecule has 0 bridgehead atoms. The second-order valence-electron chi connectivity index (χ2n) is 5.01. The van der Waals surface area contributed by atoms with Gasteiger partial charge >= 0.3 is 0 Å². The van der Waals surface area contributed by atoms with Crippen LogP contribution in [0.15, 0.2) is 24.3 Å². The van der Waals surface area contributed by atoms with Crippen LogP contribution in [0.3, 0.4) is 0 Å². The molecule has 1 heterocycles. The van der Waals surface area contributed by atoms with Crippen LogP contribution in [0.5, 0.6) is 5.75 Å². The number of methoxy groups -OCH3 is 1. The summed E-state index contributed by atoms with van der Waals surface area (Å²) in [5, 5.41) is 0. The van der Waals surface area contributed by atoms with Gasteiger partial charge in [0, 0.05) is 32.2 Å². The number of rotatable bonds is 4. The van der Waals surface area contributed by atoms with Crippen molar-refractivity contribution >= 4 is 0 Å². The van der Waals surface area contributed by atoms with Gasteiger partial charge in [-0.15, -0.1) is 0 Å². The summed E-state index contributed by atoms with van der Waals surface area (Å²) in [6.45, 7) is 3.64. The smallest absolute Gasteiger partial charge is 0.118 e. The highest BCUT2D eigenvalue weighted by atomic mass is 16.5. The summed E-state index contributed by atoms with van der Waals surface area (Å²) in [4.78, 5) is 2.36. The number of hydrogen-bond donors (Lipinski definition) is 2. The summed E-state index contributed by atoms with van der Waals surface area (Å²) >= 11 is 0. The van der Waals surface area contributed by atoms with E-state index in [4.69, 9.17) is 16.2 Å². The van der Waals surface area contributed by atoms with Gasteiger partial charge in [-0.25, -0.2) is 0 Å². The van der Waals surface area contributed by atoms with Gasteiger partial charge in [0.25, 0.3) is 0 Å². The number of nitrogens with two attached hydrogens (primary N) is 2. The maximum Gasteiger partial charge on any atom is 0.118 e. The topological polar surface area (TPSA) is 64.5 Å². The van der Waals surface area contributed by atoms with Crippen molar-refractivity contribution in [3.05, 3.63) is 29.8 Å². The van der Waals surface area contributed by atoms with E-state index >= 15 is 0 Å². The van der Waals surface area contributed by atoms with Crippen molar-refractivity contribution in [3.8, 4) is 5.75 Å². The van der Waals surface area contributed by atoms with Gasteiger partial charge in [-0.2, -0.15) is 0 Å². The van der Waals surface area contributed by atoms with E-state index in [0.717, 1.165) is 31.8 Å². The third-order valence-corrected chi connectivity index (χ3v) is 3.59. The predicted molar refractivity (Wildman–Crippen MR) is 73.8 cm³/mol. The van der Waals surface area contributed by atoms with Crippen LogP contribution < -0.4 is 16.2 Å². The minimum Gasteiger partial charge on any atom is -0.497 e. The van der Waals surface area contributed by atoms with E-state index in [1.165, 1.54) is 5.56 Å². The van der Waals surface area contributed by atoms with Gasteiger partial charge < -0.3 is 16.2 Å². The van der Waals surface area contributed by atoms with Gasteiger partial charge in [-0.3, -0.25) is 4.90 Å². The predicted octanol–water partition coefficient (Wildman–Crippen LogP) is 0.771. The van der Waals surface area contributed by atoms with Gasteiger partial charge in [0.2, 0.25) is 0 Å². The zero-order chi connectivity index (χ0) is 13.0. The fourth-order valence-electron chi connectivity index (χ4n) is 2.72. The summed E-state index contributed by atoms with van der Waals surface area (Å²) < 4.78 is 5.19. The molecule has 0 amide bonds. The molecule has 0 aromatic heterocycles. The number of hydrogen-bond acceptors (Lipinski definition) is 4. The van der Waals surface area contributed by atoms with E-state index in [9.17, 15) is 0 Å². The number of benzene rings is 1. The third kappa shape index (κ3) is 3.22. The Balaban J connectivity index is 2.06. The SMILES string of the molecule is COc1ccc(C2CC(N)CN(CCN)C2)cc1. The van der Waals surface area contributed by atoms with Crippen LogP contribution in [-0.4, -0.2) is 44.2 Å². The lowest BCUT2D eigenvalue weighted by atomic mass is 9.88. The molecule has 1 aliphatic rings. The molecule has 4 heteroatoms. The average molecular weight is 249 g/mol. The van der Waals surface area contributed by atoms with Gasteiger partial charge in [0.15, 0.2) is 0 Å². The highest BCUT2D eigenvalue weighted by Gasteiger charge is 2.25. The van der Waals surface area contributed by atoms with Gasteiger partial charge in [-0.05, 0) is 30.0 Å². The van der Waals surface area contributed by atoms with Crippen LogP contribution in [0, 0.1) is 0 Å². The maximum absolute atomic E-state index is 6.13. The molecule has 0 radical (unpaired) electrons. The summed E-state index contributed by atoms with van der Waals surface area (Å²) in [6.07, 6.45) is 1.05. The van der Waals surface area contributed by atoms with Crippen LogP contribution in [0.1, 0.15) is 17.9 Å². The third-order valence-electron chi connectivity index (χ3n) is 3.59. The maximum atomic E-state index is 6.13. The number of nitrogens with zero attached hydrogens (tertiary/aromatic N) is 1. The first-order chi connectivity index (χ1) is 8.72. The first-order valence-corrected chi connectivity index (χ1v) is 6.55. The molecule has 4 nitrogen and oxygen atoms in total. The first-order valence-electron chi connectivity index (χ1n) is 6.55. The molecule has 1 saturated heterocycles. The molecule has 18 heavy (non-hydrogen) atoms. The zero-order valence-electron chi connectivity index (χ0n) is 11.0. The average Bonchev–Trinajstić information content (AvgIpc) is 2.38. The van der Waals surface area contributed by atoms with E-state index in [0.29, 0.717) is 12.5 Å². The van der Waals surface area contributed by atoms with Crippen molar-refractivity contribution in [3.63, 3.8) is 0 Å². The molecule has 2 atom stereocenters.